The molecule has 1 fully saturated rings. The highest BCUT2D eigenvalue weighted by atomic mass is 32.2. The minimum absolute atomic E-state index is 0.175. The number of nitrogens with zero attached hydrogens (tertiary/aromatic N) is 2. The van der Waals surface area contributed by atoms with Gasteiger partial charge in [0.15, 0.2) is 0 Å². The molecule has 9 nitrogen and oxygen atoms in total. The highest BCUT2D eigenvalue weighted by molar-refractivity contribution is 7.95. The van der Waals surface area contributed by atoms with E-state index in [9.17, 15) is 21.6 Å². The fourth-order valence-electron chi connectivity index (χ4n) is 3.28. The number of fused-ring (bicyclic) bond motifs is 1. The third-order valence-corrected chi connectivity index (χ3v) is 7.52. The second kappa shape index (κ2) is 7.97. The van der Waals surface area contributed by atoms with Crippen molar-refractivity contribution in [3.8, 4) is 11.1 Å². The molecule has 1 amide bonds. The first kappa shape index (κ1) is 21.3. The molecule has 11 heteroatoms. The summed E-state index contributed by atoms with van der Waals surface area (Å²) in [5.41, 5.74) is 2.68. The van der Waals surface area contributed by atoms with Crippen LogP contribution in [0.1, 0.15) is 12.8 Å². The summed E-state index contributed by atoms with van der Waals surface area (Å²) in [5, 5.41) is 0.881. The predicted octanol–water partition coefficient (Wildman–Crippen LogP) is 2.14. The number of sulfone groups is 1. The molecule has 0 saturated heterocycles. The quantitative estimate of drug-likeness (QED) is 0.469. The van der Waals surface area contributed by atoms with Gasteiger partial charge in [-0.05, 0) is 48.2 Å². The van der Waals surface area contributed by atoms with Crippen LogP contribution in [0.5, 0.6) is 0 Å². The number of hydrogen-bond acceptors (Lipinski definition) is 6. The van der Waals surface area contributed by atoms with Gasteiger partial charge >= 0.3 is 0 Å². The molecule has 31 heavy (non-hydrogen) atoms. The third-order valence-electron chi connectivity index (χ3n) is 5.03. The molecule has 0 atom stereocenters. The Morgan fingerprint density at radius 3 is 2.45 bits per heavy atom. The van der Waals surface area contributed by atoms with Crippen molar-refractivity contribution >= 4 is 48.8 Å². The highest BCUT2D eigenvalue weighted by Gasteiger charge is 2.30. The van der Waals surface area contributed by atoms with Crippen LogP contribution >= 0.6 is 0 Å². The number of amides is 1. The second-order valence-corrected chi connectivity index (χ2v) is 11.7. The first-order valence-corrected chi connectivity index (χ1v) is 13.4. The van der Waals surface area contributed by atoms with Crippen molar-refractivity contribution in [2.45, 2.75) is 18.9 Å². The van der Waals surface area contributed by atoms with Crippen LogP contribution in [-0.2, 0) is 24.7 Å². The first-order chi connectivity index (χ1) is 14.6. The van der Waals surface area contributed by atoms with Crippen LogP contribution in [0.3, 0.4) is 0 Å². The summed E-state index contributed by atoms with van der Waals surface area (Å²) in [4.78, 5) is 20.8. The van der Waals surface area contributed by atoms with E-state index in [4.69, 9.17) is 0 Å². The first-order valence-electron chi connectivity index (χ1n) is 9.66. The Morgan fingerprint density at radius 1 is 1.13 bits per heavy atom. The molecule has 0 spiro atoms. The van der Waals surface area contributed by atoms with Gasteiger partial charge in [0.05, 0.1) is 11.5 Å². The van der Waals surface area contributed by atoms with Gasteiger partial charge in [-0.1, -0.05) is 12.1 Å². The number of anilines is 2. The van der Waals surface area contributed by atoms with Gasteiger partial charge in [0.1, 0.15) is 21.3 Å². The maximum atomic E-state index is 12.1. The Labute approximate surface area is 180 Å². The summed E-state index contributed by atoms with van der Waals surface area (Å²) in [6.45, 7) is 0. The Morgan fingerprint density at radius 2 is 1.84 bits per heavy atom. The summed E-state index contributed by atoms with van der Waals surface area (Å²) in [6, 6.07) is 10.7. The maximum Gasteiger partial charge on any atom is 0.233 e. The Hall–Kier alpha value is -2.92. The molecular weight excluding hydrogens is 440 g/mol. The zero-order valence-electron chi connectivity index (χ0n) is 16.8. The standard InChI is InChI=1S/C20H22N4O5S2/c1-30(26,27)10-11-31(28,29)23-15-4-2-14(3-5-15)18-12-19(24(13-25)16-6-7-16)22-20-17(18)8-9-21-20/h2-5,8-9,12-13,16,23H,6-7,10-11H2,1H3,(H,21,22). The molecule has 0 radical (unpaired) electrons. The van der Waals surface area contributed by atoms with Crippen LogP contribution in [0.2, 0.25) is 0 Å². The van der Waals surface area contributed by atoms with Gasteiger partial charge in [-0.15, -0.1) is 0 Å². The lowest BCUT2D eigenvalue weighted by molar-refractivity contribution is -0.107. The average Bonchev–Trinajstić information content (AvgIpc) is 3.42. The van der Waals surface area contributed by atoms with Gasteiger partial charge in [-0.2, -0.15) is 0 Å². The van der Waals surface area contributed by atoms with Gasteiger partial charge in [-0.25, -0.2) is 21.8 Å². The Kier molecular flexibility index (Phi) is 5.48. The van der Waals surface area contributed by atoms with Crippen molar-refractivity contribution in [1.29, 1.82) is 0 Å². The fraction of sp³-hybridized carbons (Fsp3) is 0.300. The van der Waals surface area contributed by atoms with Crippen LogP contribution in [0.25, 0.3) is 22.2 Å². The number of sulfonamides is 1. The lowest BCUT2D eigenvalue weighted by atomic mass is 10.0. The zero-order valence-corrected chi connectivity index (χ0v) is 18.4. The van der Waals surface area contributed by atoms with E-state index in [2.05, 4.69) is 14.7 Å². The van der Waals surface area contributed by atoms with Gasteiger partial charge in [0.2, 0.25) is 16.4 Å². The smallest absolute Gasteiger partial charge is 0.233 e. The summed E-state index contributed by atoms with van der Waals surface area (Å²) in [5.74, 6) is -0.388. The summed E-state index contributed by atoms with van der Waals surface area (Å²) in [7, 11) is -7.16. The molecule has 0 unspecified atom stereocenters. The number of carbonyl (C=O) groups is 1. The highest BCUT2D eigenvalue weighted by Crippen LogP contribution is 2.35. The molecule has 1 aliphatic rings. The van der Waals surface area contributed by atoms with E-state index < -0.39 is 31.4 Å². The van der Waals surface area contributed by atoms with Crippen molar-refractivity contribution < 1.29 is 21.6 Å². The lowest BCUT2D eigenvalue weighted by Gasteiger charge is -2.17. The molecular formula is C20H22N4O5S2. The number of carbonyl (C=O) groups excluding carboxylic acids is 1. The number of aromatic nitrogens is 2. The van der Waals surface area contributed by atoms with Crippen molar-refractivity contribution in [1.82, 2.24) is 9.97 Å². The molecule has 164 valence electrons. The molecule has 0 bridgehead atoms. The van der Waals surface area contributed by atoms with Crippen molar-refractivity contribution in [3.63, 3.8) is 0 Å². The third kappa shape index (κ3) is 5.05. The minimum atomic E-state index is -3.78. The molecule has 1 saturated carbocycles. The topological polar surface area (TPSA) is 129 Å². The number of H-pyrrole nitrogens is 1. The monoisotopic (exact) mass is 462 g/mol. The van der Waals surface area contributed by atoms with E-state index >= 15 is 0 Å². The number of pyridine rings is 1. The van der Waals surface area contributed by atoms with E-state index in [0.29, 0.717) is 17.2 Å². The number of benzene rings is 1. The molecule has 1 aromatic carbocycles. The van der Waals surface area contributed by atoms with Gasteiger partial charge in [0, 0.05) is 29.6 Å². The SMILES string of the molecule is CS(=O)(=O)CCS(=O)(=O)Nc1ccc(-c2cc(N(C=O)C3CC3)nc3[nH]ccc23)cc1. The molecule has 2 heterocycles. The summed E-state index contributed by atoms with van der Waals surface area (Å²) >= 11 is 0. The van der Waals surface area contributed by atoms with Crippen LogP contribution in [0.15, 0.2) is 42.6 Å². The molecule has 2 N–H and O–H groups in total. The minimum Gasteiger partial charge on any atom is -0.346 e. The fourth-order valence-corrected chi connectivity index (χ4v) is 5.97. The molecule has 2 aromatic heterocycles. The normalized spacial score (nSPS) is 14.5. The molecule has 0 aliphatic heterocycles. The van der Waals surface area contributed by atoms with Crippen LogP contribution in [0, 0.1) is 0 Å². The number of aromatic amines is 1. The van der Waals surface area contributed by atoms with E-state index in [1.807, 2.05) is 12.1 Å². The zero-order chi connectivity index (χ0) is 22.2. The summed E-state index contributed by atoms with van der Waals surface area (Å²) in [6.07, 6.45) is 5.47. The molecule has 3 aromatic rings. The second-order valence-electron chi connectivity index (χ2n) is 7.64. The number of rotatable bonds is 9. The maximum absolute atomic E-state index is 12.1. The van der Waals surface area contributed by atoms with Crippen molar-refractivity contribution in [2.75, 3.05) is 27.4 Å². The van der Waals surface area contributed by atoms with E-state index in [1.54, 1.807) is 35.4 Å². The number of hydrogen-bond donors (Lipinski definition) is 2. The van der Waals surface area contributed by atoms with Crippen LogP contribution < -0.4 is 9.62 Å². The molecule has 1 aliphatic carbocycles. The Balaban J connectivity index is 1.62. The Bertz CT molecular complexity index is 1330. The summed E-state index contributed by atoms with van der Waals surface area (Å²) < 4.78 is 49.1. The van der Waals surface area contributed by atoms with E-state index in [0.717, 1.165) is 42.0 Å². The van der Waals surface area contributed by atoms with Gasteiger partial charge in [-0.3, -0.25) is 14.4 Å². The van der Waals surface area contributed by atoms with Gasteiger partial charge < -0.3 is 4.98 Å². The van der Waals surface area contributed by atoms with Gasteiger partial charge in [0.25, 0.3) is 0 Å². The lowest BCUT2D eigenvalue weighted by Crippen LogP contribution is -2.24. The average molecular weight is 463 g/mol. The van der Waals surface area contributed by atoms with E-state index in [-0.39, 0.29) is 6.04 Å². The number of nitrogens with one attached hydrogen (secondary N) is 2. The van der Waals surface area contributed by atoms with Crippen LogP contribution in [0.4, 0.5) is 11.5 Å². The predicted molar refractivity (Wildman–Crippen MR) is 120 cm³/mol. The van der Waals surface area contributed by atoms with E-state index in [1.165, 1.54) is 0 Å². The van der Waals surface area contributed by atoms with Crippen molar-refractivity contribution in [3.05, 3.63) is 42.6 Å². The van der Waals surface area contributed by atoms with Crippen LogP contribution in [-0.4, -0.2) is 57.0 Å². The molecule has 4 rings (SSSR count). The largest absolute Gasteiger partial charge is 0.346 e. The van der Waals surface area contributed by atoms with Crippen molar-refractivity contribution in [2.24, 2.45) is 0 Å².